The van der Waals surface area contributed by atoms with Gasteiger partial charge in [-0.15, -0.1) is 0 Å². The molecule has 0 bridgehead atoms. The minimum atomic E-state index is -1.11. The fourth-order valence-electron chi connectivity index (χ4n) is 2.89. The quantitative estimate of drug-likeness (QED) is 0.885. The van der Waals surface area contributed by atoms with Gasteiger partial charge in [-0.1, -0.05) is 12.1 Å². The molecule has 0 radical (unpaired) electrons. The molecule has 2 heterocycles. The lowest BCUT2D eigenvalue weighted by atomic mass is 10.0. The van der Waals surface area contributed by atoms with E-state index in [1.807, 2.05) is 0 Å². The predicted octanol–water partition coefficient (Wildman–Crippen LogP) is 1.57. The van der Waals surface area contributed by atoms with Gasteiger partial charge in [-0.05, 0) is 25.0 Å². The van der Waals surface area contributed by atoms with Gasteiger partial charge in [0.1, 0.15) is 5.82 Å². The summed E-state index contributed by atoms with van der Waals surface area (Å²) in [5.74, 6) is -0.688. The van der Waals surface area contributed by atoms with E-state index in [1.54, 1.807) is 30.7 Å². The standard InChI is InChI=1S/C17H18N4O3/c22-16(13-5-1-2-6-14(13)17(23)24)20-12-4-3-9-21(11-12)15-10-18-7-8-19-15/h1-2,5-8,10,12H,3-4,9,11H2,(H,20,22)(H,23,24). The summed E-state index contributed by atoms with van der Waals surface area (Å²) in [6.45, 7) is 1.48. The van der Waals surface area contributed by atoms with Crippen molar-refractivity contribution in [2.45, 2.75) is 18.9 Å². The highest BCUT2D eigenvalue weighted by molar-refractivity contribution is 6.04. The van der Waals surface area contributed by atoms with Crippen LogP contribution in [0.25, 0.3) is 0 Å². The van der Waals surface area contributed by atoms with Gasteiger partial charge in [-0.25, -0.2) is 9.78 Å². The van der Waals surface area contributed by atoms with E-state index in [2.05, 4.69) is 20.2 Å². The molecule has 7 heteroatoms. The summed E-state index contributed by atoms with van der Waals surface area (Å²) in [5, 5.41) is 12.1. The monoisotopic (exact) mass is 326 g/mol. The van der Waals surface area contributed by atoms with Crippen LogP contribution in [0.15, 0.2) is 42.9 Å². The van der Waals surface area contributed by atoms with Crippen LogP contribution >= 0.6 is 0 Å². The van der Waals surface area contributed by atoms with Gasteiger partial charge in [0.25, 0.3) is 5.91 Å². The topological polar surface area (TPSA) is 95.4 Å². The average molecular weight is 326 g/mol. The lowest BCUT2D eigenvalue weighted by Crippen LogP contribution is -2.48. The third kappa shape index (κ3) is 3.51. The SMILES string of the molecule is O=C(O)c1ccccc1C(=O)NC1CCCN(c2cnccn2)C1. The van der Waals surface area contributed by atoms with Gasteiger partial charge in [-0.3, -0.25) is 9.78 Å². The van der Waals surface area contributed by atoms with Gasteiger partial charge in [0, 0.05) is 31.5 Å². The first-order chi connectivity index (χ1) is 11.6. The Morgan fingerprint density at radius 3 is 2.71 bits per heavy atom. The summed E-state index contributed by atoms with van der Waals surface area (Å²) in [6, 6.07) is 6.17. The Kier molecular flexibility index (Phi) is 4.69. The second-order valence-corrected chi connectivity index (χ2v) is 5.67. The summed E-state index contributed by atoms with van der Waals surface area (Å²) in [6.07, 6.45) is 6.72. The molecule has 1 aromatic carbocycles. The van der Waals surface area contributed by atoms with Crippen LogP contribution in [0.5, 0.6) is 0 Å². The number of nitrogens with one attached hydrogen (secondary N) is 1. The molecule has 1 aliphatic rings. The van der Waals surface area contributed by atoms with E-state index < -0.39 is 5.97 Å². The molecule has 2 N–H and O–H groups in total. The number of nitrogens with zero attached hydrogens (tertiary/aromatic N) is 3. The van der Waals surface area contributed by atoms with Crippen molar-refractivity contribution in [3.8, 4) is 0 Å². The van der Waals surface area contributed by atoms with E-state index in [0.717, 1.165) is 25.2 Å². The molecule has 7 nitrogen and oxygen atoms in total. The molecular weight excluding hydrogens is 308 g/mol. The number of aromatic nitrogens is 2. The van der Waals surface area contributed by atoms with E-state index in [0.29, 0.717) is 6.54 Å². The summed E-state index contributed by atoms with van der Waals surface area (Å²) in [5.41, 5.74) is 0.193. The summed E-state index contributed by atoms with van der Waals surface area (Å²) in [7, 11) is 0. The highest BCUT2D eigenvalue weighted by atomic mass is 16.4. The van der Waals surface area contributed by atoms with Crippen LogP contribution in [0.3, 0.4) is 0 Å². The molecule has 24 heavy (non-hydrogen) atoms. The molecule has 0 spiro atoms. The predicted molar refractivity (Wildman–Crippen MR) is 88.1 cm³/mol. The zero-order valence-corrected chi connectivity index (χ0v) is 13.1. The van der Waals surface area contributed by atoms with Crippen LogP contribution in [0, 0.1) is 0 Å². The Morgan fingerprint density at radius 2 is 2.00 bits per heavy atom. The number of carbonyl (C=O) groups excluding carboxylic acids is 1. The van der Waals surface area contributed by atoms with E-state index in [4.69, 9.17) is 0 Å². The molecule has 1 aromatic heterocycles. The molecule has 2 aromatic rings. The molecule has 3 rings (SSSR count). The normalized spacial score (nSPS) is 17.3. The Bertz CT molecular complexity index is 736. The van der Waals surface area contributed by atoms with Gasteiger partial charge >= 0.3 is 5.97 Å². The number of piperidine rings is 1. The number of carboxylic acid groups (broad SMARTS) is 1. The minimum Gasteiger partial charge on any atom is -0.478 e. The van der Waals surface area contributed by atoms with Gasteiger partial charge in [0.15, 0.2) is 0 Å². The smallest absolute Gasteiger partial charge is 0.336 e. The first-order valence-corrected chi connectivity index (χ1v) is 7.79. The molecule has 1 saturated heterocycles. The van der Waals surface area contributed by atoms with Crippen LogP contribution in [0.1, 0.15) is 33.6 Å². The lowest BCUT2D eigenvalue weighted by molar-refractivity contribution is 0.0690. The second-order valence-electron chi connectivity index (χ2n) is 5.67. The van der Waals surface area contributed by atoms with Crippen LogP contribution in [0.2, 0.25) is 0 Å². The minimum absolute atomic E-state index is 0.0107. The molecular formula is C17H18N4O3. The number of rotatable bonds is 4. The van der Waals surface area contributed by atoms with Crippen molar-refractivity contribution in [2.24, 2.45) is 0 Å². The highest BCUT2D eigenvalue weighted by Gasteiger charge is 2.24. The summed E-state index contributed by atoms with van der Waals surface area (Å²) < 4.78 is 0. The molecule has 124 valence electrons. The molecule has 1 unspecified atom stereocenters. The van der Waals surface area contributed by atoms with Gasteiger partial charge in [0.05, 0.1) is 17.3 Å². The fraction of sp³-hybridized carbons (Fsp3) is 0.294. The van der Waals surface area contributed by atoms with Crippen molar-refractivity contribution in [3.63, 3.8) is 0 Å². The zero-order valence-electron chi connectivity index (χ0n) is 13.1. The van der Waals surface area contributed by atoms with E-state index in [9.17, 15) is 14.7 Å². The molecule has 1 amide bonds. The maximum absolute atomic E-state index is 12.5. The van der Waals surface area contributed by atoms with Crippen LogP contribution in [-0.4, -0.2) is 46.1 Å². The summed E-state index contributed by atoms with van der Waals surface area (Å²) >= 11 is 0. The number of anilines is 1. The van der Waals surface area contributed by atoms with E-state index in [1.165, 1.54) is 12.1 Å². The number of hydrogen-bond donors (Lipinski definition) is 2. The molecule has 1 aliphatic heterocycles. The number of hydrogen-bond acceptors (Lipinski definition) is 5. The van der Waals surface area contributed by atoms with E-state index >= 15 is 0 Å². The van der Waals surface area contributed by atoms with Gasteiger partial charge in [-0.2, -0.15) is 0 Å². The van der Waals surface area contributed by atoms with Crippen LogP contribution < -0.4 is 10.2 Å². The van der Waals surface area contributed by atoms with E-state index in [-0.39, 0.29) is 23.1 Å². The summed E-state index contributed by atoms with van der Waals surface area (Å²) in [4.78, 5) is 34.1. The van der Waals surface area contributed by atoms with Crippen molar-refractivity contribution < 1.29 is 14.7 Å². The Hall–Kier alpha value is -2.96. The largest absolute Gasteiger partial charge is 0.478 e. The Labute approximate surface area is 139 Å². The molecule has 0 saturated carbocycles. The number of benzene rings is 1. The zero-order chi connectivity index (χ0) is 16.9. The van der Waals surface area contributed by atoms with Crippen molar-refractivity contribution in [2.75, 3.05) is 18.0 Å². The number of aromatic carboxylic acids is 1. The molecule has 1 fully saturated rings. The van der Waals surface area contributed by atoms with Crippen molar-refractivity contribution in [1.29, 1.82) is 0 Å². The molecule has 0 aliphatic carbocycles. The number of carbonyl (C=O) groups is 2. The maximum Gasteiger partial charge on any atom is 0.336 e. The average Bonchev–Trinajstić information content (AvgIpc) is 2.62. The first-order valence-electron chi connectivity index (χ1n) is 7.79. The van der Waals surface area contributed by atoms with Crippen molar-refractivity contribution in [1.82, 2.24) is 15.3 Å². The van der Waals surface area contributed by atoms with Crippen LogP contribution in [-0.2, 0) is 0 Å². The van der Waals surface area contributed by atoms with Gasteiger partial charge in [0.2, 0.25) is 0 Å². The molecule has 1 atom stereocenters. The van der Waals surface area contributed by atoms with Crippen molar-refractivity contribution >= 4 is 17.7 Å². The Balaban J connectivity index is 1.70. The third-order valence-corrected chi connectivity index (χ3v) is 4.03. The van der Waals surface area contributed by atoms with Crippen molar-refractivity contribution in [3.05, 3.63) is 54.0 Å². The Morgan fingerprint density at radius 1 is 1.21 bits per heavy atom. The maximum atomic E-state index is 12.5. The number of carboxylic acids is 1. The van der Waals surface area contributed by atoms with Gasteiger partial charge < -0.3 is 15.3 Å². The first kappa shape index (κ1) is 15.9. The van der Waals surface area contributed by atoms with Crippen LogP contribution in [0.4, 0.5) is 5.82 Å². The second kappa shape index (κ2) is 7.08. The third-order valence-electron chi connectivity index (χ3n) is 4.03. The fourth-order valence-corrected chi connectivity index (χ4v) is 2.89. The lowest BCUT2D eigenvalue weighted by Gasteiger charge is -2.33. The highest BCUT2D eigenvalue weighted by Crippen LogP contribution is 2.17. The number of amides is 1.